The third-order valence-electron chi connectivity index (χ3n) is 1.09. The van der Waals surface area contributed by atoms with Crippen LogP contribution in [0.4, 0.5) is 17.8 Å². The summed E-state index contributed by atoms with van der Waals surface area (Å²) in [4.78, 5) is 19.9. The van der Waals surface area contributed by atoms with E-state index in [1.54, 1.807) is 0 Å². The van der Waals surface area contributed by atoms with E-state index in [-0.39, 0.29) is 17.8 Å². The Hall–Kier alpha value is -1.92. The van der Waals surface area contributed by atoms with Crippen LogP contribution in [0.25, 0.3) is 0 Å². The molecule has 0 saturated heterocycles. The second kappa shape index (κ2) is 6.58. The Morgan fingerprint density at radius 2 is 1.43 bits per heavy atom. The molecule has 0 aliphatic heterocycles. The lowest BCUT2D eigenvalue weighted by Crippen LogP contribution is -2.05. The van der Waals surface area contributed by atoms with Crippen LogP contribution in [-0.2, 0) is 4.79 Å². The van der Waals surface area contributed by atoms with Gasteiger partial charge in [-0.25, -0.2) is 0 Å². The number of rotatable bonds is 2. The van der Waals surface area contributed by atoms with Crippen LogP contribution < -0.4 is 17.2 Å². The van der Waals surface area contributed by atoms with Gasteiger partial charge in [-0.2, -0.15) is 15.0 Å². The highest BCUT2D eigenvalue weighted by Crippen LogP contribution is 1.97. The molecule has 0 aliphatic rings. The quantitative estimate of drug-likeness (QED) is 0.550. The largest absolute Gasteiger partial charge is 0.368 e. The first-order chi connectivity index (χ1) is 6.60. The van der Waals surface area contributed by atoms with Crippen molar-refractivity contribution >= 4 is 24.1 Å². The summed E-state index contributed by atoms with van der Waals surface area (Å²) in [6.45, 7) is 1.98. The number of anilines is 3. The van der Waals surface area contributed by atoms with Crippen molar-refractivity contribution in [3.05, 3.63) is 0 Å². The molecule has 6 N–H and O–H groups in total. The highest BCUT2D eigenvalue weighted by atomic mass is 16.1. The molecule has 1 aromatic rings. The fraction of sp³-hybridized carbons (Fsp3) is 0.429. The van der Waals surface area contributed by atoms with Crippen molar-refractivity contribution in [2.24, 2.45) is 0 Å². The van der Waals surface area contributed by atoms with Crippen molar-refractivity contribution in [2.45, 2.75) is 19.8 Å². The predicted molar refractivity (Wildman–Crippen MR) is 54.0 cm³/mol. The van der Waals surface area contributed by atoms with E-state index >= 15 is 0 Å². The number of nitrogens with two attached hydrogens (primary N) is 3. The molecule has 0 bridgehead atoms. The van der Waals surface area contributed by atoms with Crippen molar-refractivity contribution in [2.75, 3.05) is 17.2 Å². The molecule has 0 amide bonds. The molecule has 14 heavy (non-hydrogen) atoms. The summed E-state index contributed by atoms with van der Waals surface area (Å²) < 4.78 is 0. The van der Waals surface area contributed by atoms with Gasteiger partial charge in [0.1, 0.15) is 6.29 Å². The van der Waals surface area contributed by atoms with Gasteiger partial charge in [0.15, 0.2) is 0 Å². The van der Waals surface area contributed by atoms with Gasteiger partial charge in [-0.05, 0) is 6.42 Å². The topological polar surface area (TPSA) is 134 Å². The lowest BCUT2D eigenvalue weighted by atomic mass is 10.4. The van der Waals surface area contributed by atoms with Crippen molar-refractivity contribution in [3.8, 4) is 0 Å². The zero-order chi connectivity index (χ0) is 11.0. The monoisotopic (exact) mass is 198 g/mol. The van der Waals surface area contributed by atoms with Crippen molar-refractivity contribution in [3.63, 3.8) is 0 Å². The number of hydrogen-bond acceptors (Lipinski definition) is 7. The van der Waals surface area contributed by atoms with Gasteiger partial charge in [0.2, 0.25) is 17.8 Å². The average Bonchev–Trinajstić information content (AvgIpc) is 2.03. The number of aldehydes is 1. The zero-order valence-electron chi connectivity index (χ0n) is 7.97. The minimum atomic E-state index is 0.0417. The summed E-state index contributed by atoms with van der Waals surface area (Å²) in [6.07, 6.45) is 2.61. The third-order valence-corrected chi connectivity index (χ3v) is 1.09. The van der Waals surface area contributed by atoms with Gasteiger partial charge in [-0.15, -0.1) is 0 Å². The summed E-state index contributed by atoms with van der Waals surface area (Å²) in [5.41, 5.74) is 15.4. The molecule has 0 fully saturated rings. The molecule has 1 aromatic heterocycles. The Morgan fingerprint density at radius 1 is 1.07 bits per heavy atom. The van der Waals surface area contributed by atoms with Crippen molar-refractivity contribution in [1.29, 1.82) is 0 Å². The van der Waals surface area contributed by atoms with Crippen LogP contribution in [0.3, 0.4) is 0 Å². The van der Waals surface area contributed by atoms with E-state index in [4.69, 9.17) is 17.2 Å². The number of carbonyl (C=O) groups excluding carboxylic acids is 1. The van der Waals surface area contributed by atoms with Gasteiger partial charge in [-0.1, -0.05) is 6.92 Å². The Balaban J connectivity index is 0.000000292. The molecule has 7 nitrogen and oxygen atoms in total. The molecule has 7 heteroatoms. The molecule has 0 aliphatic carbocycles. The van der Waals surface area contributed by atoms with Crippen LogP contribution in [0.2, 0.25) is 0 Å². The number of hydrogen-bond donors (Lipinski definition) is 3. The Bertz CT molecular complexity index is 239. The van der Waals surface area contributed by atoms with Gasteiger partial charge in [-0.3, -0.25) is 0 Å². The van der Waals surface area contributed by atoms with Gasteiger partial charge < -0.3 is 22.0 Å². The summed E-state index contributed by atoms with van der Waals surface area (Å²) in [5, 5.41) is 0. The zero-order valence-corrected chi connectivity index (χ0v) is 7.97. The molecule has 0 atom stereocenters. The maximum atomic E-state index is 9.40. The van der Waals surface area contributed by atoms with E-state index in [9.17, 15) is 4.79 Å². The molecular weight excluding hydrogens is 184 g/mol. The van der Waals surface area contributed by atoms with Gasteiger partial charge >= 0.3 is 0 Å². The highest BCUT2D eigenvalue weighted by molar-refractivity contribution is 5.48. The normalized spacial score (nSPS) is 8.64. The van der Waals surface area contributed by atoms with Crippen LogP contribution in [0, 0.1) is 0 Å². The van der Waals surface area contributed by atoms with Crippen LogP contribution in [0.5, 0.6) is 0 Å². The van der Waals surface area contributed by atoms with Gasteiger partial charge in [0.25, 0.3) is 0 Å². The first kappa shape index (κ1) is 12.1. The summed E-state index contributed by atoms with van der Waals surface area (Å²) >= 11 is 0. The molecule has 0 spiro atoms. The smallest absolute Gasteiger partial charge is 0.226 e. The number of aromatic nitrogens is 3. The van der Waals surface area contributed by atoms with Gasteiger partial charge in [0.05, 0.1) is 0 Å². The highest BCUT2D eigenvalue weighted by Gasteiger charge is 1.93. The second-order valence-corrected chi connectivity index (χ2v) is 2.37. The molecular formula is C7H14N6O. The fourth-order valence-corrected chi connectivity index (χ4v) is 0.545. The molecule has 0 unspecified atom stereocenters. The Kier molecular flexibility index (Phi) is 5.68. The molecule has 0 saturated carbocycles. The lowest BCUT2D eigenvalue weighted by Gasteiger charge is -1.93. The molecule has 1 heterocycles. The van der Waals surface area contributed by atoms with E-state index in [0.29, 0.717) is 6.42 Å². The Labute approximate surface area is 81.7 Å². The first-order valence-corrected chi connectivity index (χ1v) is 4.06. The molecule has 1 rings (SSSR count). The Morgan fingerprint density at radius 3 is 1.57 bits per heavy atom. The average molecular weight is 198 g/mol. The van der Waals surface area contributed by atoms with E-state index in [1.807, 2.05) is 6.92 Å². The maximum absolute atomic E-state index is 9.40. The molecule has 0 aromatic carbocycles. The summed E-state index contributed by atoms with van der Waals surface area (Å²) in [5.74, 6) is 0.125. The van der Waals surface area contributed by atoms with Crippen LogP contribution >= 0.6 is 0 Å². The van der Waals surface area contributed by atoms with Crippen LogP contribution in [-0.4, -0.2) is 21.2 Å². The first-order valence-electron chi connectivity index (χ1n) is 4.06. The maximum Gasteiger partial charge on any atom is 0.226 e. The number of unbranched alkanes of at least 4 members (excludes halogenated alkanes) is 1. The summed E-state index contributed by atoms with van der Waals surface area (Å²) in [7, 11) is 0. The number of carbonyl (C=O) groups is 1. The van der Waals surface area contributed by atoms with Crippen molar-refractivity contribution in [1.82, 2.24) is 15.0 Å². The van der Waals surface area contributed by atoms with Crippen LogP contribution in [0.1, 0.15) is 19.8 Å². The predicted octanol–water partition coefficient (Wildman–Crippen LogP) is -0.396. The van der Waals surface area contributed by atoms with Crippen LogP contribution in [0.15, 0.2) is 0 Å². The van der Waals surface area contributed by atoms with E-state index in [0.717, 1.165) is 12.7 Å². The minimum absolute atomic E-state index is 0.0417. The standard InChI is InChI=1S/C4H8O.C3H6N6/c1-2-3-4-5;4-1-7-2(5)9-3(6)8-1/h4H,2-3H2,1H3;(H6,4,5,6,7,8,9). The molecule has 78 valence electrons. The second-order valence-electron chi connectivity index (χ2n) is 2.37. The van der Waals surface area contributed by atoms with Crippen molar-refractivity contribution < 1.29 is 4.79 Å². The number of nitrogens with zero attached hydrogens (tertiary/aromatic N) is 3. The lowest BCUT2D eigenvalue weighted by molar-refractivity contribution is -0.107. The number of nitrogen functional groups attached to an aromatic ring is 3. The molecule has 0 radical (unpaired) electrons. The fourth-order valence-electron chi connectivity index (χ4n) is 0.545. The van der Waals surface area contributed by atoms with E-state index in [2.05, 4.69) is 15.0 Å². The third kappa shape index (κ3) is 5.70. The van der Waals surface area contributed by atoms with E-state index < -0.39 is 0 Å². The minimum Gasteiger partial charge on any atom is -0.368 e. The van der Waals surface area contributed by atoms with E-state index in [1.165, 1.54) is 0 Å². The van der Waals surface area contributed by atoms with Gasteiger partial charge in [0, 0.05) is 6.42 Å². The SMILES string of the molecule is CCCC=O.Nc1nc(N)nc(N)n1. The summed E-state index contributed by atoms with van der Waals surface area (Å²) in [6, 6.07) is 0.